The SMILES string of the molecule is Cn1cc([C@@H]2CN(C(=O)CCc3nncn3C)C[C@@H]2CC(=O)O)nn1. The molecule has 0 aliphatic carbocycles. The molecule has 10 nitrogen and oxygen atoms in total. The van der Waals surface area contributed by atoms with Gasteiger partial charge >= 0.3 is 5.97 Å². The van der Waals surface area contributed by atoms with Crippen molar-refractivity contribution in [2.45, 2.75) is 25.2 Å². The lowest BCUT2D eigenvalue weighted by atomic mass is 9.91. The fourth-order valence-electron chi connectivity index (χ4n) is 3.29. The van der Waals surface area contributed by atoms with Gasteiger partial charge in [0.05, 0.1) is 12.1 Å². The van der Waals surface area contributed by atoms with E-state index in [9.17, 15) is 9.59 Å². The van der Waals surface area contributed by atoms with Crippen LogP contribution in [0.5, 0.6) is 0 Å². The van der Waals surface area contributed by atoms with Crippen LogP contribution in [-0.4, -0.2) is 64.7 Å². The average Bonchev–Trinajstić information content (AvgIpc) is 3.25. The Morgan fingerprint density at radius 2 is 2.08 bits per heavy atom. The fourth-order valence-corrected chi connectivity index (χ4v) is 3.29. The van der Waals surface area contributed by atoms with Gasteiger partial charge in [-0.25, -0.2) is 0 Å². The molecular weight excluding hydrogens is 326 g/mol. The van der Waals surface area contributed by atoms with Crippen molar-refractivity contribution < 1.29 is 14.7 Å². The second-order valence-electron chi connectivity index (χ2n) is 6.44. The summed E-state index contributed by atoms with van der Waals surface area (Å²) < 4.78 is 3.37. The highest BCUT2D eigenvalue weighted by molar-refractivity contribution is 5.77. The molecule has 0 saturated carbocycles. The second-order valence-corrected chi connectivity index (χ2v) is 6.44. The minimum absolute atomic E-state index is 0.00824. The Morgan fingerprint density at radius 3 is 2.68 bits per heavy atom. The van der Waals surface area contributed by atoms with Gasteiger partial charge in [0.2, 0.25) is 5.91 Å². The van der Waals surface area contributed by atoms with E-state index in [0.29, 0.717) is 25.9 Å². The summed E-state index contributed by atoms with van der Waals surface area (Å²) in [6.07, 6.45) is 4.22. The standard InChI is InChI=1S/C15H21N7O3/c1-20-9-16-18-13(20)3-4-14(23)22-6-10(5-15(24)25)11(7-22)12-8-21(2)19-17-12/h8-11H,3-7H2,1-2H3,(H,24,25)/t10-,11+/m0/s1. The fraction of sp³-hybridized carbons (Fsp3) is 0.600. The number of nitrogens with zero attached hydrogens (tertiary/aromatic N) is 7. The minimum atomic E-state index is -0.868. The maximum absolute atomic E-state index is 12.5. The second kappa shape index (κ2) is 6.99. The summed E-state index contributed by atoms with van der Waals surface area (Å²) in [6, 6.07) is 0. The number of carbonyl (C=O) groups is 2. The van der Waals surface area contributed by atoms with Crippen LogP contribution in [0, 0.1) is 5.92 Å². The molecule has 1 aliphatic rings. The van der Waals surface area contributed by atoms with Crippen molar-refractivity contribution in [2.24, 2.45) is 20.0 Å². The monoisotopic (exact) mass is 347 g/mol. The van der Waals surface area contributed by atoms with Crippen molar-refractivity contribution in [2.75, 3.05) is 13.1 Å². The molecule has 25 heavy (non-hydrogen) atoms. The number of rotatable bonds is 6. The first-order valence-corrected chi connectivity index (χ1v) is 8.12. The molecule has 0 spiro atoms. The van der Waals surface area contributed by atoms with Gasteiger partial charge in [-0.2, -0.15) is 0 Å². The number of carboxylic acids is 1. The number of aromatic nitrogens is 6. The van der Waals surface area contributed by atoms with Gasteiger partial charge in [0.1, 0.15) is 12.2 Å². The highest BCUT2D eigenvalue weighted by Gasteiger charge is 2.38. The summed E-state index contributed by atoms with van der Waals surface area (Å²) in [5.74, 6) is -0.395. The Kier molecular flexibility index (Phi) is 4.77. The number of hydrogen-bond acceptors (Lipinski definition) is 6. The minimum Gasteiger partial charge on any atom is -0.481 e. The van der Waals surface area contributed by atoms with Crippen LogP contribution in [-0.2, 0) is 30.1 Å². The van der Waals surface area contributed by atoms with Crippen molar-refractivity contribution in [1.29, 1.82) is 0 Å². The number of aliphatic carboxylic acids is 1. The molecule has 1 aliphatic heterocycles. The predicted octanol–water partition coefficient (Wildman–Crippen LogP) is -0.407. The van der Waals surface area contributed by atoms with Gasteiger partial charge < -0.3 is 14.6 Å². The molecule has 0 radical (unpaired) electrons. The third kappa shape index (κ3) is 3.83. The molecule has 3 rings (SSSR count). The van der Waals surface area contributed by atoms with Gasteiger partial charge in [-0.15, -0.1) is 15.3 Å². The summed E-state index contributed by atoms with van der Waals surface area (Å²) in [5, 5.41) is 25.0. The van der Waals surface area contributed by atoms with Crippen LogP contribution in [0.15, 0.2) is 12.5 Å². The summed E-state index contributed by atoms with van der Waals surface area (Å²) in [7, 11) is 3.60. The zero-order valence-electron chi connectivity index (χ0n) is 14.2. The predicted molar refractivity (Wildman–Crippen MR) is 85.4 cm³/mol. The molecule has 0 bridgehead atoms. The first kappa shape index (κ1) is 17.1. The first-order chi connectivity index (χ1) is 11.9. The number of carboxylic acid groups (broad SMARTS) is 1. The highest BCUT2D eigenvalue weighted by atomic mass is 16.4. The van der Waals surface area contributed by atoms with Crippen LogP contribution >= 0.6 is 0 Å². The third-order valence-corrected chi connectivity index (χ3v) is 4.60. The molecule has 0 aromatic carbocycles. The van der Waals surface area contributed by atoms with E-state index < -0.39 is 5.97 Å². The van der Waals surface area contributed by atoms with Crippen molar-refractivity contribution in [3.8, 4) is 0 Å². The summed E-state index contributed by atoms with van der Waals surface area (Å²) in [5.41, 5.74) is 0.734. The molecule has 2 aromatic rings. The van der Waals surface area contributed by atoms with Crippen LogP contribution in [0.25, 0.3) is 0 Å². The molecule has 134 valence electrons. The van der Waals surface area contributed by atoms with E-state index in [1.807, 2.05) is 7.05 Å². The van der Waals surface area contributed by atoms with Crippen molar-refractivity contribution in [1.82, 2.24) is 34.7 Å². The zero-order chi connectivity index (χ0) is 18.0. The van der Waals surface area contributed by atoms with Gasteiger partial charge in [0.25, 0.3) is 0 Å². The maximum Gasteiger partial charge on any atom is 0.303 e. The van der Waals surface area contributed by atoms with Gasteiger partial charge in [0.15, 0.2) is 0 Å². The highest BCUT2D eigenvalue weighted by Crippen LogP contribution is 2.34. The van der Waals surface area contributed by atoms with Gasteiger partial charge in [-0.3, -0.25) is 14.3 Å². The Morgan fingerprint density at radius 1 is 1.28 bits per heavy atom. The van der Waals surface area contributed by atoms with E-state index >= 15 is 0 Å². The first-order valence-electron chi connectivity index (χ1n) is 8.12. The molecule has 10 heteroatoms. The summed E-state index contributed by atoms with van der Waals surface area (Å²) >= 11 is 0. The number of amides is 1. The Hall–Kier alpha value is -2.78. The molecule has 1 N–H and O–H groups in total. The Labute approximate surface area is 144 Å². The Bertz CT molecular complexity index is 769. The molecule has 1 saturated heterocycles. The van der Waals surface area contributed by atoms with E-state index in [2.05, 4.69) is 20.5 Å². The number of hydrogen-bond donors (Lipinski definition) is 1. The lowest BCUT2D eigenvalue weighted by molar-refractivity contribution is -0.138. The molecule has 3 heterocycles. The van der Waals surface area contributed by atoms with E-state index in [-0.39, 0.29) is 24.2 Å². The van der Waals surface area contributed by atoms with Crippen molar-refractivity contribution in [3.63, 3.8) is 0 Å². The van der Waals surface area contributed by atoms with Gasteiger partial charge in [-0.1, -0.05) is 5.21 Å². The van der Waals surface area contributed by atoms with Crippen LogP contribution < -0.4 is 0 Å². The van der Waals surface area contributed by atoms with E-state index in [4.69, 9.17) is 5.11 Å². The average molecular weight is 347 g/mol. The van der Waals surface area contributed by atoms with Crippen molar-refractivity contribution >= 4 is 11.9 Å². The molecule has 2 aromatic heterocycles. The van der Waals surface area contributed by atoms with Crippen molar-refractivity contribution in [3.05, 3.63) is 24.0 Å². The molecule has 0 unspecified atom stereocenters. The molecule has 1 amide bonds. The number of likely N-dealkylation sites (tertiary alicyclic amines) is 1. The lowest BCUT2D eigenvalue weighted by Crippen LogP contribution is -2.29. The largest absolute Gasteiger partial charge is 0.481 e. The van der Waals surface area contributed by atoms with E-state index in [0.717, 1.165) is 11.5 Å². The molecular formula is C15H21N7O3. The van der Waals surface area contributed by atoms with Crippen LogP contribution in [0.1, 0.15) is 30.3 Å². The molecule has 1 fully saturated rings. The lowest BCUT2D eigenvalue weighted by Gasteiger charge is -2.15. The zero-order valence-corrected chi connectivity index (χ0v) is 14.2. The number of aryl methyl sites for hydroxylation is 3. The maximum atomic E-state index is 12.5. The Balaban J connectivity index is 1.66. The topological polar surface area (TPSA) is 119 Å². The number of carbonyl (C=O) groups excluding carboxylic acids is 1. The van der Waals surface area contributed by atoms with Crippen LogP contribution in [0.3, 0.4) is 0 Å². The smallest absolute Gasteiger partial charge is 0.303 e. The van der Waals surface area contributed by atoms with Gasteiger partial charge in [-0.05, 0) is 5.92 Å². The van der Waals surface area contributed by atoms with Crippen LogP contribution in [0.4, 0.5) is 0 Å². The molecule has 2 atom stereocenters. The summed E-state index contributed by atoms with van der Waals surface area (Å²) in [4.78, 5) is 25.4. The van der Waals surface area contributed by atoms with Gasteiger partial charge in [0, 0.05) is 52.1 Å². The summed E-state index contributed by atoms with van der Waals surface area (Å²) in [6.45, 7) is 0.888. The quantitative estimate of drug-likeness (QED) is 0.754. The van der Waals surface area contributed by atoms with E-state index in [1.165, 1.54) is 0 Å². The normalized spacial score (nSPS) is 20.2. The third-order valence-electron chi connectivity index (χ3n) is 4.60. The van der Waals surface area contributed by atoms with E-state index in [1.54, 1.807) is 33.7 Å². The van der Waals surface area contributed by atoms with Crippen LogP contribution in [0.2, 0.25) is 0 Å².